The summed E-state index contributed by atoms with van der Waals surface area (Å²) in [6.45, 7) is 2.28. The topological polar surface area (TPSA) is 26.3 Å². The van der Waals surface area contributed by atoms with Crippen LogP contribution in [0, 0.1) is 0 Å². The van der Waals surface area contributed by atoms with Crippen LogP contribution in [0.2, 0.25) is 0 Å². The molecule has 2 heteroatoms. The van der Waals surface area contributed by atoms with E-state index in [1.165, 1.54) is 116 Å². The number of unbranched alkanes of at least 4 members (excludes halogenated alkanes) is 17. The van der Waals surface area contributed by atoms with Gasteiger partial charge < -0.3 is 4.74 Å². The monoisotopic (exact) mass is 380 g/mol. The third-order valence-corrected chi connectivity index (χ3v) is 5.37. The summed E-state index contributed by atoms with van der Waals surface area (Å²) in [5.74, 6) is -0.0686. The Morgan fingerprint density at radius 2 is 0.963 bits per heavy atom. The second kappa shape index (κ2) is 23.2. The standard InChI is InChI=1S/C25H48O2/c1-3-4-5-6-7-8-9-10-11-12-13-14-15-16-17-18-19-20-21-22-23-24-25(26)27-2/h13-14H,3-12,15-24H2,1-2H3. The van der Waals surface area contributed by atoms with Crippen molar-refractivity contribution in [3.63, 3.8) is 0 Å². The number of hydrogen-bond donors (Lipinski definition) is 0. The lowest BCUT2D eigenvalue weighted by molar-refractivity contribution is -0.140. The van der Waals surface area contributed by atoms with E-state index in [1.54, 1.807) is 0 Å². The maximum atomic E-state index is 11.0. The molecule has 0 rings (SSSR count). The van der Waals surface area contributed by atoms with Gasteiger partial charge in [-0.15, -0.1) is 0 Å². The summed E-state index contributed by atoms with van der Waals surface area (Å²) in [6.07, 6.45) is 30.8. The van der Waals surface area contributed by atoms with Gasteiger partial charge in [0.25, 0.3) is 0 Å². The van der Waals surface area contributed by atoms with E-state index in [4.69, 9.17) is 0 Å². The molecule has 0 saturated carbocycles. The lowest BCUT2D eigenvalue weighted by Gasteiger charge is -2.02. The highest BCUT2D eigenvalue weighted by atomic mass is 16.5. The quantitative estimate of drug-likeness (QED) is 0.113. The first-order valence-electron chi connectivity index (χ1n) is 12.0. The van der Waals surface area contributed by atoms with Crippen molar-refractivity contribution in [3.05, 3.63) is 12.2 Å². The molecule has 0 aromatic rings. The molecule has 0 aliphatic rings. The molecule has 0 saturated heterocycles. The Kier molecular flexibility index (Phi) is 22.6. The Bertz CT molecular complexity index is 322. The molecule has 0 N–H and O–H groups in total. The van der Waals surface area contributed by atoms with Gasteiger partial charge in [0, 0.05) is 6.42 Å². The molecular weight excluding hydrogens is 332 g/mol. The van der Waals surface area contributed by atoms with Gasteiger partial charge in [-0.2, -0.15) is 0 Å². The van der Waals surface area contributed by atoms with Crippen LogP contribution < -0.4 is 0 Å². The maximum absolute atomic E-state index is 11.0. The summed E-state index contributed by atoms with van der Waals surface area (Å²) in [5.41, 5.74) is 0. The van der Waals surface area contributed by atoms with Gasteiger partial charge in [-0.25, -0.2) is 0 Å². The molecule has 160 valence electrons. The molecule has 0 unspecified atom stereocenters. The number of carbonyl (C=O) groups excluding carboxylic acids is 1. The van der Waals surface area contributed by atoms with Crippen LogP contribution in [0.15, 0.2) is 12.2 Å². The molecule has 0 bridgehead atoms. The van der Waals surface area contributed by atoms with Crippen LogP contribution in [0.5, 0.6) is 0 Å². The number of carbonyl (C=O) groups is 1. The second-order valence-corrected chi connectivity index (χ2v) is 8.03. The largest absolute Gasteiger partial charge is 0.469 e. The van der Waals surface area contributed by atoms with Crippen molar-refractivity contribution in [2.75, 3.05) is 7.11 Å². The average molecular weight is 381 g/mol. The lowest BCUT2D eigenvalue weighted by atomic mass is 10.1. The van der Waals surface area contributed by atoms with E-state index in [0.717, 1.165) is 12.8 Å². The number of esters is 1. The molecule has 0 atom stereocenters. The first-order valence-corrected chi connectivity index (χ1v) is 12.0. The number of ether oxygens (including phenoxy) is 1. The minimum absolute atomic E-state index is 0.0686. The zero-order chi connectivity index (χ0) is 19.8. The summed E-state index contributed by atoms with van der Waals surface area (Å²) >= 11 is 0. The van der Waals surface area contributed by atoms with E-state index in [2.05, 4.69) is 23.8 Å². The summed E-state index contributed by atoms with van der Waals surface area (Å²) in [6, 6.07) is 0. The Labute approximate surface area is 170 Å². The normalized spacial score (nSPS) is 11.3. The van der Waals surface area contributed by atoms with Gasteiger partial charge in [-0.05, 0) is 32.1 Å². The molecule has 0 aromatic heterocycles. The van der Waals surface area contributed by atoms with E-state index < -0.39 is 0 Å². The highest BCUT2D eigenvalue weighted by Crippen LogP contribution is 2.12. The predicted molar refractivity (Wildman–Crippen MR) is 119 cm³/mol. The minimum Gasteiger partial charge on any atom is -0.469 e. The molecule has 0 aliphatic heterocycles. The van der Waals surface area contributed by atoms with Crippen molar-refractivity contribution in [2.24, 2.45) is 0 Å². The molecule has 0 aromatic carbocycles. The molecule has 0 aliphatic carbocycles. The summed E-state index contributed by atoms with van der Waals surface area (Å²) in [7, 11) is 1.47. The van der Waals surface area contributed by atoms with E-state index >= 15 is 0 Å². The fourth-order valence-corrected chi connectivity index (χ4v) is 3.50. The Balaban J connectivity index is 3.09. The zero-order valence-electron chi connectivity index (χ0n) is 18.6. The van der Waals surface area contributed by atoms with Gasteiger partial charge in [-0.1, -0.05) is 109 Å². The van der Waals surface area contributed by atoms with Crippen LogP contribution in [0.25, 0.3) is 0 Å². The summed E-state index contributed by atoms with van der Waals surface area (Å²) < 4.78 is 4.65. The van der Waals surface area contributed by atoms with Crippen molar-refractivity contribution in [1.29, 1.82) is 0 Å². The fourth-order valence-electron chi connectivity index (χ4n) is 3.50. The third kappa shape index (κ3) is 23.2. The van der Waals surface area contributed by atoms with Gasteiger partial charge in [0.1, 0.15) is 0 Å². The fraction of sp³-hybridized carbons (Fsp3) is 0.880. The van der Waals surface area contributed by atoms with E-state index in [-0.39, 0.29) is 5.97 Å². The van der Waals surface area contributed by atoms with E-state index in [1.807, 2.05) is 0 Å². The van der Waals surface area contributed by atoms with E-state index in [0.29, 0.717) is 6.42 Å². The number of allylic oxidation sites excluding steroid dienone is 2. The highest BCUT2D eigenvalue weighted by Gasteiger charge is 1.99. The SMILES string of the molecule is CCCCCCCCCCCC=CCCCCCCCCCCC(=O)OC. The molecule has 0 heterocycles. The van der Waals surface area contributed by atoms with Gasteiger partial charge in [0.2, 0.25) is 0 Å². The Morgan fingerprint density at radius 3 is 1.37 bits per heavy atom. The molecule has 0 amide bonds. The van der Waals surface area contributed by atoms with Gasteiger partial charge >= 0.3 is 5.97 Å². The third-order valence-electron chi connectivity index (χ3n) is 5.37. The minimum atomic E-state index is -0.0686. The number of rotatable bonds is 21. The van der Waals surface area contributed by atoms with Crippen molar-refractivity contribution in [1.82, 2.24) is 0 Å². The van der Waals surface area contributed by atoms with Crippen molar-refractivity contribution in [2.45, 2.75) is 135 Å². The van der Waals surface area contributed by atoms with Gasteiger partial charge in [0.05, 0.1) is 7.11 Å². The van der Waals surface area contributed by atoms with Crippen LogP contribution in [0.3, 0.4) is 0 Å². The van der Waals surface area contributed by atoms with Crippen molar-refractivity contribution < 1.29 is 9.53 Å². The van der Waals surface area contributed by atoms with E-state index in [9.17, 15) is 4.79 Å². The highest BCUT2D eigenvalue weighted by molar-refractivity contribution is 5.68. The predicted octanol–water partition coefficient (Wildman–Crippen LogP) is 8.54. The van der Waals surface area contributed by atoms with Crippen molar-refractivity contribution >= 4 is 5.97 Å². The summed E-state index contributed by atoms with van der Waals surface area (Å²) in [4.78, 5) is 11.0. The van der Waals surface area contributed by atoms with Gasteiger partial charge in [0.15, 0.2) is 0 Å². The molecule has 0 spiro atoms. The van der Waals surface area contributed by atoms with Crippen LogP contribution in [-0.2, 0) is 9.53 Å². The maximum Gasteiger partial charge on any atom is 0.305 e. The first-order chi connectivity index (χ1) is 13.3. The second-order valence-electron chi connectivity index (χ2n) is 8.03. The smallest absolute Gasteiger partial charge is 0.305 e. The molecule has 0 fully saturated rings. The van der Waals surface area contributed by atoms with Crippen LogP contribution in [0.4, 0.5) is 0 Å². The van der Waals surface area contributed by atoms with Gasteiger partial charge in [-0.3, -0.25) is 4.79 Å². The Morgan fingerprint density at radius 1 is 0.593 bits per heavy atom. The number of methoxy groups -OCH3 is 1. The average Bonchev–Trinajstić information content (AvgIpc) is 2.68. The Hall–Kier alpha value is -0.790. The van der Waals surface area contributed by atoms with Crippen molar-refractivity contribution in [3.8, 4) is 0 Å². The van der Waals surface area contributed by atoms with Crippen LogP contribution in [-0.4, -0.2) is 13.1 Å². The molecule has 2 nitrogen and oxygen atoms in total. The summed E-state index contributed by atoms with van der Waals surface area (Å²) in [5, 5.41) is 0. The molecule has 0 radical (unpaired) electrons. The zero-order valence-corrected chi connectivity index (χ0v) is 18.6. The van der Waals surface area contributed by atoms with Crippen LogP contribution in [0.1, 0.15) is 135 Å². The number of hydrogen-bond acceptors (Lipinski definition) is 2. The van der Waals surface area contributed by atoms with Crippen LogP contribution >= 0.6 is 0 Å². The molecule has 27 heavy (non-hydrogen) atoms. The first kappa shape index (κ1) is 26.2. The lowest BCUT2D eigenvalue weighted by Crippen LogP contribution is -1.99. The molecular formula is C25H48O2.